The van der Waals surface area contributed by atoms with Gasteiger partial charge in [-0.25, -0.2) is 0 Å². The summed E-state index contributed by atoms with van der Waals surface area (Å²) in [5.74, 6) is 0.228. The van der Waals surface area contributed by atoms with Gasteiger partial charge in [-0.1, -0.05) is 34.6 Å². The molecule has 4 nitrogen and oxygen atoms in total. The van der Waals surface area contributed by atoms with Crippen molar-refractivity contribution in [3.05, 3.63) is 0 Å². The minimum absolute atomic E-state index is 0.108. The molecule has 0 radical (unpaired) electrons. The molecule has 1 aliphatic carbocycles. The summed E-state index contributed by atoms with van der Waals surface area (Å²) in [6.45, 7) is 14.5. The molecule has 4 heteroatoms. The van der Waals surface area contributed by atoms with Crippen LogP contribution in [-0.2, 0) is 19.1 Å². The molecule has 1 aliphatic rings. The van der Waals surface area contributed by atoms with Gasteiger partial charge in [0.1, 0.15) is 0 Å². The van der Waals surface area contributed by atoms with Gasteiger partial charge >= 0.3 is 11.9 Å². The number of carbonyl (C=O) groups is 2. The van der Waals surface area contributed by atoms with Crippen LogP contribution in [0.2, 0.25) is 0 Å². The van der Waals surface area contributed by atoms with Crippen LogP contribution in [-0.4, -0.2) is 24.1 Å². The minimum Gasteiger partial charge on any atom is -0.462 e. The fourth-order valence-electron chi connectivity index (χ4n) is 3.92. The molecule has 5 unspecified atom stereocenters. The molecule has 25 heavy (non-hydrogen) atoms. The van der Waals surface area contributed by atoms with Crippen molar-refractivity contribution >= 4 is 11.9 Å². The first-order valence-electron chi connectivity index (χ1n) is 10.0. The predicted molar refractivity (Wildman–Crippen MR) is 100 cm³/mol. The zero-order valence-corrected chi connectivity index (χ0v) is 17.2. The molecule has 0 amide bonds. The number of esters is 2. The van der Waals surface area contributed by atoms with Gasteiger partial charge in [0.25, 0.3) is 0 Å². The third-order valence-corrected chi connectivity index (χ3v) is 4.96. The summed E-state index contributed by atoms with van der Waals surface area (Å²) in [7, 11) is 0. The molecular weight excluding hydrogens is 316 g/mol. The second-order valence-corrected chi connectivity index (χ2v) is 8.89. The van der Waals surface area contributed by atoms with Crippen LogP contribution in [0.3, 0.4) is 0 Å². The average Bonchev–Trinajstić information content (AvgIpc) is 2.44. The first-order valence-corrected chi connectivity index (χ1v) is 10.0. The van der Waals surface area contributed by atoms with Crippen molar-refractivity contribution in [3.63, 3.8) is 0 Å². The first-order chi connectivity index (χ1) is 11.6. The van der Waals surface area contributed by atoms with E-state index in [1.165, 1.54) is 0 Å². The molecule has 0 aromatic heterocycles. The monoisotopic (exact) mass is 354 g/mol. The summed E-state index contributed by atoms with van der Waals surface area (Å²) in [6, 6.07) is 0. The van der Waals surface area contributed by atoms with E-state index in [2.05, 4.69) is 34.6 Å². The molecule has 0 spiro atoms. The van der Waals surface area contributed by atoms with E-state index in [-0.39, 0.29) is 36.0 Å². The Kier molecular flexibility index (Phi) is 8.95. The van der Waals surface area contributed by atoms with Gasteiger partial charge in [-0.3, -0.25) is 9.59 Å². The third kappa shape index (κ3) is 7.79. The van der Waals surface area contributed by atoms with Crippen LogP contribution in [0, 0.1) is 29.6 Å². The maximum Gasteiger partial charge on any atom is 0.310 e. The highest BCUT2D eigenvalue weighted by molar-refractivity contribution is 5.82. The van der Waals surface area contributed by atoms with E-state index in [1.807, 2.05) is 13.8 Å². The van der Waals surface area contributed by atoms with Gasteiger partial charge in [0, 0.05) is 0 Å². The zero-order valence-electron chi connectivity index (χ0n) is 17.2. The van der Waals surface area contributed by atoms with E-state index >= 15 is 0 Å². The lowest BCUT2D eigenvalue weighted by atomic mass is 9.74. The van der Waals surface area contributed by atoms with Crippen LogP contribution in [0.1, 0.15) is 80.6 Å². The van der Waals surface area contributed by atoms with E-state index < -0.39 is 0 Å². The average molecular weight is 355 g/mol. The third-order valence-electron chi connectivity index (χ3n) is 4.96. The molecule has 0 aromatic carbocycles. The summed E-state index contributed by atoms with van der Waals surface area (Å²) >= 11 is 0. The van der Waals surface area contributed by atoms with Crippen LogP contribution < -0.4 is 0 Å². The number of carbonyl (C=O) groups excluding carboxylic acids is 2. The maximum atomic E-state index is 12.7. The van der Waals surface area contributed by atoms with Gasteiger partial charge in [0.05, 0.1) is 24.0 Å². The Hall–Kier alpha value is -1.06. The summed E-state index contributed by atoms with van der Waals surface area (Å²) < 4.78 is 11.3. The van der Waals surface area contributed by atoms with Crippen molar-refractivity contribution in [2.75, 3.05) is 0 Å². The van der Waals surface area contributed by atoms with Gasteiger partial charge in [-0.05, 0) is 63.7 Å². The second kappa shape index (κ2) is 10.2. The lowest BCUT2D eigenvalue weighted by Gasteiger charge is -2.33. The number of rotatable bonds is 8. The smallest absolute Gasteiger partial charge is 0.310 e. The van der Waals surface area contributed by atoms with Gasteiger partial charge in [0.2, 0.25) is 0 Å². The number of ether oxygens (including phenoxy) is 2. The highest BCUT2D eigenvalue weighted by Crippen LogP contribution is 2.36. The molecule has 1 rings (SSSR count). The minimum atomic E-state index is -0.364. The Morgan fingerprint density at radius 2 is 1.24 bits per heavy atom. The van der Waals surface area contributed by atoms with E-state index in [0.717, 1.165) is 19.3 Å². The second-order valence-electron chi connectivity index (χ2n) is 8.89. The van der Waals surface area contributed by atoms with Crippen molar-refractivity contribution in [2.24, 2.45) is 29.6 Å². The quantitative estimate of drug-likeness (QED) is 0.576. The normalized spacial score (nSPS) is 26.4. The molecule has 5 atom stereocenters. The lowest BCUT2D eigenvalue weighted by molar-refractivity contribution is -0.169. The first kappa shape index (κ1) is 22.0. The van der Waals surface area contributed by atoms with Crippen molar-refractivity contribution in [3.8, 4) is 0 Å². The Morgan fingerprint density at radius 3 is 1.68 bits per heavy atom. The fraction of sp³-hybridized carbons (Fsp3) is 0.905. The Morgan fingerprint density at radius 1 is 0.800 bits per heavy atom. The fourth-order valence-corrected chi connectivity index (χ4v) is 3.92. The summed E-state index contributed by atoms with van der Waals surface area (Å²) in [5.41, 5.74) is 0. The van der Waals surface area contributed by atoms with Gasteiger partial charge in [-0.15, -0.1) is 0 Å². The standard InChI is InChI=1S/C21H38O4/c1-13(2)10-16(6)24-20(22)18-9-8-15(5)12-19(18)21(23)25-17(7)11-14(3)4/h13-19H,8-12H2,1-7H3. The van der Waals surface area contributed by atoms with E-state index in [4.69, 9.17) is 9.47 Å². The van der Waals surface area contributed by atoms with Crippen molar-refractivity contribution in [1.82, 2.24) is 0 Å². The van der Waals surface area contributed by atoms with Crippen molar-refractivity contribution in [1.29, 1.82) is 0 Å². The van der Waals surface area contributed by atoms with E-state index in [1.54, 1.807) is 0 Å². The Balaban J connectivity index is 2.71. The lowest BCUT2D eigenvalue weighted by Crippen LogP contribution is -2.39. The van der Waals surface area contributed by atoms with Crippen molar-refractivity contribution in [2.45, 2.75) is 92.8 Å². The largest absolute Gasteiger partial charge is 0.462 e. The number of hydrogen-bond acceptors (Lipinski definition) is 4. The van der Waals surface area contributed by atoms with E-state index in [9.17, 15) is 9.59 Å². The highest BCUT2D eigenvalue weighted by Gasteiger charge is 2.41. The molecule has 0 heterocycles. The molecule has 0 saturated heterocycles. The van der Waals surface area contributed by atoms with Crippen LogP contribution in [0.15, 0.2) is 0 Å². The predicted octanol–water partition coefficient (Wildman–Crippen LogP) is 4.99. The van der Waals surface area contributed by atoms with Gasteiger partial charge < -0.3 is 9.47 Å². The Bertz CT molecular complexity index is 430. The Labute approximate surface area is 154 Å². The molecule has 0 N–H and O–H groups in total. The zero-order chi connectivity index (χ0) is 19.1. The van der Waals surface area contributed by atoms with Gasteiger partial charge in [-0.2, -0.15) is 0 Å². The summed E-state index contributed by atoms with van der Waals surface area (Å²) in [4.78, 5) is 25.3. The van der Waals surface area contributed by atoms with Crippen molar-refractivity contribution < 1.29 is 19.1 Å². The summed E-state index contributed by atoms with van der Waals surface area (Å²) in [6.07, 6.45) is 3.86. The van der Waals surface area contributed by atoms with E-state index in [0.29, 0.717) is 30.6 Å². The molecular formula is C21H38O4. The topological polar surface area (TPSA) is 52.6 Å². The molecule has 0 bridgehead atoms. The highest BCUT2D eigenvalue weighted by atomic mass is 16.6. The molecule has 1 fully saturated rings. The van der Waals surface area contributed by atoms with Crippen LogP contribution >= 0.6 is 0 Å². The molecule has 0 aromatic rings. The van der Waals surface area contributed by atoms with Crippen LogP contribution in [0.25, 0.3) is 0 Å². The molecule has 1 saturated carbocycles. The number of hydrogen-bond donors (Lipinski definition) is 0. The SMILES string of the molecule is CC(C)CC(C)OC(=O)C1CCC(C)CC1C(=O)OC(C)CC(C)C. The summed E-state index contributed by atoms with van der Waals surface area (Å²) in [5, 5.41) is 0. The van der Waals surface area contributed by atoms with Gasteiger partial charge in [0.15, 0.2) is 0 Å². The maximum absolute atomic E-state index is 12.7. The van der Waals surface area contributed by atoms with Crippen LogP contribution in [0.4, 0.5) is 0 Å². The van der Waals surface area contributed by atoms with Crippen LogP contribution in [0.5, 0.6) is 0 Å². The molecule has 146 valence electrons. The molecule has 0 aliphatic heterocycles.